The van der Waals surface area contributed by atoms with Crippen LogP contribution in [0.4, 0.5) is 16.4 Å². The van der Waals surface area contributed by atoms with E-state index in [9.17, 15) is 4.79 Å². The fourth-order valence-corrected chi connectivity index (χ4v) is 6.13. The Balaban J connectivity index is 1.23. The van der Waals surface area contributed by atoms with Crippen LogP contribution in [0.1, 0.15) is 104 Å². The number of hydrogen-bond donors (Lipinski definition) is 2. The first kappa shape index (κ1) is 24.0. The van der Waals surface area contributed by atoms with E-state index in [2.05, 4.69) is 61.5 Å². The zero-order valence-corrected chi connectivity index (χ0v) is 22.5. The maximum absolute atomic E-state index is 13.1. The number of ether oxygens (including phenoxy) is 2. The Labute approximate surface area is 213 Å². The lowest BCUT2D eigenvalue weighted by molar-refractivity contribution is 0.0666. The Morgan fingerprint density at radius 3 is 1.53 bits per heavy atom. The number of amides is 2. The SMILES string of the molecule is CC(C)(C)c1cc(NC(=O)Nc2cc(C(C)(C)C)n(C3CCOC34CC4)n2)nn1C1CCOC12CC2. The Bertz CT molecular complexity index is 1080. The smallest absolute Gasteiger partial charge is 0.326 e. The molecule has 4 heterocycles. The van der Waals surface area contributed by atoms with Crippen molar-refractivity contribution in [2.24, 2.45) is 0 Å². The average Bonchev–Trinajstić information content (AvgIpc) is 3.42. The van der Waals surface area contributed by atoms with Crippen LogP contribution in [-0.4, -0.2) is 50.0 Å². The first-order valence-electron chi connectivity index (χ1n) is 13.5. The second-order valence-electron chi connectivity index (χ2n) is 13.2. The molecule has 2 aliphatic heterocycles. The predicted octanol–water partition coefficient (Wildman–Crippen LogP) is 5.31. The van der Waals surface area contributed by atoms with Gasteiger partial charge in [-0.15, -0.1) is 0 Å². The molecule has 2 unspecified atom stereocenters. The van der Waals surface area contributed by atoms with Crippen molar-refractivity contribution in [1.29, 1.82) is 0 Å². The van der Waals surface area contributed by atoms with Gasteiger partial charge in [-0.2, -0.15) is 10.2 Å². The number of hydrogen-bond acceptors (Lipinski definition) is 5. The van der Waals surface area contributed by atoms with E-state index in [1.54, 1.807) is 0 Å². The molecule has 9 heteroatoms. The molecule has 0 aromatic carbocycles. The molecule has 0 radical (unpaired) electrons. The van der Waals surface area contributed by atoms with Crippen LogP contribution in [0.25, 0.3) is 0 Å². The van der Waals surface area contributed by atoms with Gasteiger partial charge >= 0.3 is 6.03 Å². The highest BCUT2D eigenvalue weighted by molar-refractivity contribution is 5.98. The predicted molar refractivity (Wildman–Crippen MR) is 138 cm³/mol. The van der Waals surface area contributed by atoms with E-state index in [4.69, 9.17) is 19.7 Å². The molecule has 9 nitrogen and oxygen atoms in total. The number of urea groups is 1. The van der Waals surface area contributed by atoms with Crippen molar-refractivity contribution >= 4 is 17.7 Å². The fraction of sp³-hybridized carbons (Fsp3) is 0.741. The molecule has 6 rings (SSSR count). The third-order valence-corrected chi connectivity index (χ3v) is 8.34. The molecule has 2 saturated carbocycles. The van der Waals surface area contributed by atoms with Gasteiger partial charge in [-0.05, 0) is 38.5 Å². The van der Waals surface area contributed by atoms with Gasteiger partial charge in [0.05, 0.1) is 23.3 Å². The highest BCUT2D eigenvalue weighted by Crippen LogP contribution is 2.55. The number of anilines is 2. The van der Waals surface area contributed by atoms with Crippen molar-refractivity contribution < 1.29 is 14.3 Å². The van der Waals surface area contributed by atoms with E-state index >= 15 is 0 Å². The van der Waals surface area contributed by atoms with Crippen molar-refractivity contribution in [2.45, 2.75) is 114 Å². The van der Waals surface area contributed by atoms with Crippen molar-refractivity contribution in [3.63, 3.8) is 0 Å². The Morgan fingerprint density at radius 2 is 1.19 bits per heavy atom. The largest absolute Gasteiger partial charge is 0.373 e. The van der Waals surface area contributed by atoms with Crippen molar-refractivity contribution in [3.05, 3.63) is 23.5 Å². The molecule has 2 atom stereocenters. The minimum Gasteiger partial charge on any atom is -0.373 e. The van der Waals surface area contributed by atoms with Crippen molar-refractivity contribution in [1.82, 2.24) is 19.6 Å². The normalized spacial score (nSPS) is 26.1. The average molecular weight is 497 g/mol. The monoisotopic (exact) mass is 496 g/mol. The highest BCUT2D eigenvalue weighted by Gasteiger charge is 2.57. The lowest BCUT2D eigenvalue weighted by atomic mass is 9.91. The summed E-state index contributed by atoms with van der Waals surface area (Å²) in [7, 11) is 0. The molecule has 196 valence electrons. The summed E-state index contributed by atoms with van der Waals surface area (Å²) in [6, 6.07) is 4.11. The van der Waals surface area contributed by atoms with Crippen molar-refractivity contribution in [3.8, 4) is 0 Å². The molecule has 2 aromatic heterocycles. The van der Waals surface area contributed by atoms with E-state index in [0.717, 1.165) is 63.1 Å². The van der Waals surface area contributed by atoms with Crippen LogP contribution in [0.3, 0.4) is 0 Å². The van der Waals surface area contributed by atoms with E-state index in [-0.39, 0.29) is 40.1 Å². The second-order valence-corrected chi connectivity index (χ2v) is 13.2. The van der Waals surface area contributed by atoms with Crippen LogP contribution < -0.4 is 10.6 Å². The van der Waals surface area contributed by atoms with Crippen LogP contribution in [-0.2, 0) is 20.3 Å². The van der Waals surface area contributed by atoms with Gasteiger partial charge in [0, 0.05) is 47.6 Å². The van der Waals surface area contributed by atoms with E-state index in [1.165, 1.54) is 0 Å². The molecular weight excluding hydrogens is 456 g/mol. The first-order valence-corrected chi connectivity index (χ1v) is 13.5. The molecule has 36 heavy (non-hydrogen) atoms. The number of nitrogens with one attached hydrogen (secondary N) is 2. The Morgan fingerprint density at radius 1 is 0.806 bits per heavy atom. The number of carbonyl (C=O) groups is 1. The summed E-state index contributed by atoms with van der Waals surface area (Å²) < 4.78 is 16.4. The minimum atomic E-state index is -0.335. The summed E-state index contributed by atoms with van der Waals surface area (Å²) in [4.78, 5) is 13.1. The molecule has 2 amide bonds. The molecule has 2 aromatic rings. The number of nitrogens with zero attached hydrogens (tertiary/aromatic N) is 4. The zero-order chi connectivity index (χ0) is 25.5. The molecule has 2 aliphatic carbocycles. The highest BCUT2D eigenvalue weighted by atomic mass is 16.5. The van der Waals surface area contributed by atoms with E-state index < -0.39 is 0 Å². The van der Waals surface area contributed by atoms with Gasteiger partial charge in [0.15, 0.2) is 11.6 Å². The maximum Gasteiger partial charge on any atom is 0.326 e. The van der Waals surface area contributed by atoms with Gasteiger partial charge < -0.3 is 9.47 Å². The molecular formula is C27H40N6O3. The van der Waals surface area contributed by atoms with Crippen LogP contribution >= 0.6 is 0 Å². The van der Waals surface area contributed by atoms with Gasteiger partial charge in [-0.1, -0.05) is 41.5 Å². The Kier molecular flexibility index (Phi) is 5.20. The maximum atomic E-state index is 13.1. The summed E-state index contributed by atoms with van der Waals surface area (Å²) >= 11 is 0. The van der Waals surface area contributed by atoms with E-state index in [1.807, 2.05) is 12.1 Å². The second kappa shape index (κ2) is 7.81. The van der Waals surface area contributed by atoms with Gasteiger partial charge in [0.2, 0.25) is 0 Å². The van der Waals surface area contributed by atoms with Crippen LogP contribution in [0.15, 0.2) is 12.1 Å². The zero-order valence-electron chi connectivity index (χ0n) is 22.5. The summed E-state index contributed by atoms with van der Waals surface area (Å²) in [6.45, 7) is 14.6. The molecule has 2 saturated heterocycles. The summed E-state index contributed by atoms with van der Waals surface area (Å²) in [5.74, 6) is 1.11. The number of rotatable bonds is 4. The third-order valence-electron chi connectivity index (χ3n) is 8.34. The molecule has 4 aliphatic rings. The van der Waals surface area contributed by atoms with Gasteiger partial charge in [-0.25, -0.2) is 4.79 Å². The van der Waals surface area contributed by atoms with Crippen LogP contribution in [0.5, 0.6) is 0 Å². The Hall–Kier alpha value is -2.39. The minimum absolute atomic E-state index is 0.0649. The molecule has 2 spiro atoms. The quantitative estimate of drug-likeness (QED) is 0.598. The summed E-state index contributed by atoms with van der Waals surface area (Å²) in [5.41, 5.74) is 1.87. The van der Waals surface area contributed by atoms with Gasteiger partial charge in [0.25, 0.3) is 0 Å². The van der Waals surface area contributed by atoms with Crippen molar-refractivity contribution in [2.75, 3.05) is 23.8 Å². The molecule has 0 bridgehead atoms. The van der Waals surface area contributed by atoms with Gasteiger partial charge in [0.1, 0.15) is 0 Å². The van der Waals surface area contributed by atoms with E-state index in [0.29, 0.717) is 11.6 Å². The van der Waals surface area contributed by atoms with Crippen LogP contribution in [0.2, 0.25) is 0 Å². The standard InChI is InChI=1S/C27H40N6O3/c1-24(2,3)19-15-21(30-32(19)17-7-13-35-26(17)9-10-26)28-23(34)29-22-16-20(25(4,5)6)33(31-22)18-8-14-36-27(18)11-12-27/h15-18H,7-14H2,1-6H3,(H2,28,29,30,31,34). The lowest BCUT2D eigenvalue weighted by Gasteiger charge is -2.26. The van der Waals surface area contributed by atoms with Crippen LogP contribution in [0, 0.1) is 0 Å². The molecule has 4 fully saturated rings. The topological polar surface area (TPSA) is 95.2 Å². The third kappa shape index (κ3) is 4.04. The summed E-state index contributed by atoms with van der Waals surface area (Å²) in [6.07, 6.45) is 6.23. The molecule has 2 N–H and O–H groups in total. The number of aromatic nitrogens is 4. The fourth-order valence-electron chi connectivity index (χ4n) is 6.13. The van der Waals surface area contributed by atoms with Gasteiger partial charge in [-0.3, -0.25) is 20.0 Å². The first-order chi connectivity index (χ1) is 16.9. The lowest BCUT2D eigenvalue weighted by Crippen LogP contribution is -2.28. The summed E-state index contributed by atoms with van der Waals surface area (Å²) in [5, 5.41) is 15.6. The number of carbonyl (C=O) groups excluding carboxylic acids is 1.